The molecule has 344 valence electrons. The zero-order chi connectivity index (χ0) is 46.3. The fourth-order valence-corrected chi connectivity index (χ4v) is 9.57. The molecule has 64 heavy (non-hydrogen) atoms. The number of nitrogens with zero attached hydrogens (tertiary/aromatic N) is 5. The fraction of sp³-hybridized carbons (Fsp3) is 0.500. The Balaban J connectivity index is 1.01. The number of aryl methyl sites for hydroxylation is 2. The molecule has 2 aliphatic rings. The number of likely N-dealkylation sites (N-methyl/N-ethyl adjacent to an activating group) is 1. The second-order valence-corrected chi connectivity index (χ2v) is 19.6. The van der Waals surface area contributed by atoms with E-state index in [4.69, 9.17) is 4.74 Å². The van der Waals surface area contributed by atoms with Gasteiger partial charge in [-0.25, -0.2) is 9.67 Å². The van der Waals surface area contributed by atoms with Crippen LogP contribution in [0, 0.1) is 12.3 Å². The van der Waals surface area contributed by atoms with Gasteiger partial charge in [0.05, 0.1) is 40.7 Å². The van der Waals surface area contributed by atoms with Gasteiger partial charge in [0.25, 0.3) is 11.5 Å². The fourth-order valence-electron chi connectivity index (χ4n) is 8.30. The van der Waals surface area contributed by atoms with E-state index in [1.165, 1.54) is 27.8 Å². The van der Waals surface area contributed by atoms with Gasteiger partial charge in [0.2, 0.25) is 17.7 Å². The molecule has 0 radical (unpaired) electrons. The van der Waals surface area contributed by atoms with Gasteiger partial charge < -0.3 is 40.9 Å². The molecule has 2 aliphatic heterocycles. The van der Waals surface area contributed by atoms with Crippen molar-refractivity contribution in [3.05, 3.63) is 91.4 Å². The van der Waals surface area contributed by atoms with Gasteiger partial charge in [-0.3, -0.25) is 24.0 Å². The first-order valence-electron chi connectivity index (χ1n) is 21.6. The average molecular weight is 963 g/mol. The van der Waals surface area contributed by atoms with Gasteiger partial charge >= 0.3 is 0 Å². The third-order valence-corrected chi connectivity index (χ3v) is 13.4. The van der Waals surface area contributed by atoms with Crippen molar-refractivity contribution in [2.75, 3.05) is 45.2 Å². The van der Waals surface area contributed by atoms with Crippen molar-refractivity contribution in [2.45, 2.75) is 97.0 Å². The number of aromatic nitrogens is 3. The summed E-state index contributed by atoms with van der Waals surface area (Å²) in [5.41, 5.74) is 5.93. The summed E-state index contributed by atoms with van der Waals surface area (Å²) in [7, 11) is 3.69. The van der Waals surface area contributed by atoms with Crippen LogP contribution in [-0.2, 0) is 28.0 Å². The van der Waals surface area contributed by atoms with Gasteiger partial charge in [-0.15, -0.1) is 11.3 Å². The van der Waals surface area contributed by atoms with Crippen LogP contribution >= 0.6 is 27.3 Å². The number of carbonyl (C=O) groups excluding carboxylic acids is 4. The lowest BCUT2D eigenvalue weighted by atomic mass is 9.85. The van der Waals surface area contributed by atoms with Crippen LogP contribution in [0.3, 0.4) is 0 Å². The van der Waals surface area contributed by atoms with Crippen LogP contribution in [0.5, 0.6) is 5.75 Å². The molecule has 6 rings (SSSR count). The van der Waals surface area contributed by atoms with Crippen molar-refractivity contribution in [2.24, 2.45) is 12.5 Å². The van der Waals surface area contributed by atoms with E-state index in [-0.39, 0.29) is 48.8 Å². The first-order chi connectivity index (χ1) is 30.4. The minimum Gasteiger partial charge on any atom is -0.493 e. The number of thiazole rings is 1. The maximum atomic E-state index is 13.7. The van der Waals surface area contributed by atoms with Gasteiger partial charge in [-0.1, -0.05) is 45.0 Å². The van der Waals surface area contributed by atoms with E-state index >= 15 is 0 Å². The number of aliphatic hydroxyl groups is 1. The van der Waals surface area contributed by atoms with E-state index < -0.39 is 35.4 Å². The number of piperidine rings is 1. The van der Waals surface area contributed by atoms with Crippen LogP contribution in [0.25, 0.3) is 10.4 Å². The Bertz CT molecular complexity index is 2370. The highest BCUT2D eigenvalue weighted by Crippen LogP contribution is 2.33. The monoisotopic (exact) mass is 961 g/mol. The molecule has 5 N–H and O–H groups in total. The van der Waals surface area contributed by atoms with E-state index in [1.54, 1.807) is 18.8 Å². The predicted octanol–water partition coefficient (Wildman–Crippen LogP) is 4.59. The van der Waals surface area contributed by atoms with Crippen LogP contribution in [0.15, 0.2) is 63.4 Å². The third-order valence-electron chi connectivity index (χ3n) is 11.7. The minimum atomic E-state index is -0.909. The van der Waals surface area contributed by atoms with Crippen molar-refractivity contribution in [3.8, 4) is 16.2 Å². The standard InChI is InChI=1S/C46H60BrN9O7S/c1-27-40(64-26-50-27)31-14-15-32(21-49-43(60)37-20-35(58)25-56(37)45(62)41(46(3,4)5)52-28(2)57)38(19-31)63-17-9-8-16-48-42(59)30-12-10-29(11-13-30)33-18-34(24-54(6)23-33)53-36-22-51-55(7)44(61)39(36)47/h10-15,19,22,26,33-35,37,41,53,58H,8-9,16-18,20-21,23-25H2,1-7H3,(H,48,59)(H,49,60)(H,52,57)/t33-,34+,35+,37-,41+/m0/s1. The lowest BCUT2D eigenvalue weighted by Gasteiger charge is -2.37. The first kappa shape index (κ1) is 48.3. The maximum absolute atomic E-state index is 13.7. The second-order valence-electron chi connectivity index (χ2n) is 17.9. The number of anilines is 1. The van der Waals surface area contributed by atoms with Gasteiger partial charge in [-0.2, -0.15) is 5.10 Å². The molecule has 2 saturated heterocycles. The summed E-state index contributed by atoms with van der Waals surface area (Å²) < 4.78 is 8.08. The zero-order valence-electron chi connectivity index (χ0n) is 37.6. The molecule has 2 aromatic heterocycles. The van der Waals surface area contributed by atoms with E-state index in [0.29, 0.717) is 47.5 Å². The number of nitrogens with one attached hydrogen (secondary N) is 4. The van der Waals surface area contributed by atoms with Gasteiger partial charge in [0, 0.05) is 70.3 Å². The molecule has 2 aromatic carbocycles. The van der Waals surface area contributed by atoms with Crippen molar-refractivity contribution in [1.82, 2.24) is 40.5 Å². The van der Waals surface area contributed by atoms with Crippen LogP contribution < -0.4 is 31.6 Å². The highest BCUT2D eigenvalue weighted by molar-refractivity contribution is 9.10. The number of hydrogen-bond donors (Lipinski definition) is 5. The van der Waals surface area contributed by atoms with Crippen LogP contribution in [0.4, 0.5) is 5.69 Å². The van der Waals surface area contributed by atoms with Gasteiger partial charge in [-0.05, 0) is 89.8 Å². The number of amides is 4. The first-order valence-corrected chi connectivity index (χ1v) is 23.3. The summed E-state index contributed by atoms with van der Waals surface area (Å²) in [4.78, 5) is 73.9. The number of aliphatic hydroxyl groups excluding tert-OH is 1. The van der Waals surface area contributed by atoms with Gasteiger partial charge in [0.15, 0.2) is 0 Å². The number of unbranched alkanes of at least 4 members (excludes halogenated alkanes) is 1. The molecule has 0 saturated carbocycles. The molecule has 2 fully saturated rings. The molecule has 4 heterocycles. The number of hydrogen-bond acceptors (Lipinski definition) is 12. The number of ether oxygens (including phenoxy) is 1. The Morgan fingerprint density at radius 3 is 2.45 bits per heavy atom. The highest BCUT2D eigenvalue weighted by atomic mass is 79.9. The predicted molar refractivity (Wildman–Crippen MR) is 250 cm³/mol. The maximum Gasteiger partial charge on any atom is 0.282 e. The lowest BCUT2D eigenvalue weighted by Crippen LogP contribution is -2.57. The zero-order valence-corrected chi connectivity index (χ0v) is 40.0. The minimum absolute atomic E-state index is 0.0106. The largest absolute Gasteiger partial charge is 0.493 e. The normalized spacial score (nSPS) is 19.5. The molecule has 0 bridgehead atoms. The Hall–Kier alpha value is -5.17. The summed E-state index contributed by atoms with van der Waals surface area (Å²) in [5, 5.41) is 26.9. The number of carbonyl (C=O) groups is 4. The molecule has 16 nitrogen and oxygen atoms in total. The summed E-state index contributed by atoms with van der Waals surface area (Å²) in [5.74, 6) is -0.506. The molecular weight excluding hydrogens is 903 g/mol. The van der Waals surface area contributed by atoms with Crippen LogP contribution in [0.1, 0.15) is 86.5 Å². The Morgan fingerprint density at radius 1 is 1.02 bits per heavy atom. The molecule has 4 aromatic rings. The number of halogens is 1. The molecule has 18 heteroatoms. The Kier molecular flexibility index (Phi) is 16.0. The number of rotatable bonds is 16. The Morgan fingerprint density at radius 2 is 1.77 bits per heavy atom. The molecule has 0 unspecified atom stereocenters. The molecule has 0 spiro atoms. The van der Waals surface area contributed by atoms with E-state index in [0.717, 1.165) is 46.8 Å². The van der Waals surface area contributed by atoms with Crippen molar-refractivity contribution in [1.29, 1.82) is 0 Å². The molecular formula is C46H60BrN9O7S. The number of β-amino-alcohol motifs (C(OH)–C–C–N with tert-alkyl or cyclic N) is 1. The quantitative estimate of drug-likeness (QED) is 0.0985. The molecule has 5 atom stereocenters. The SMILES string of the molecule is CC(=O)N[C@H](C(=O)N1C[C@H](O)C[C@H]1C(=O)NCc1ccc(-c2scnc2C)cc1OCCCCNC(=O)c1ccc([C@H]2C[C@@H](Nc3cnn(C)c(=O)c3Br)CN(C)C2)cc1)C(C)(C)C. The highest BCUT2D eigenvalue weighted by Gasteiger charge is 2.44. The number of likely N-dealkylation sites (tertiary alicyclic amines) is 2. The number of benzene rings is 2. The van der Waals surface area contributed by atoms with Crippen molar-refractivity contribution < 1.29 is 29.0 Å². The third kappa shape index (κ3) is 12.1. The topological polar surface area (TPSA) is 200 Å². The average Bonchev–Trinajstić information content (AvgIpc) is 3.87. The van der Waals surface area contributed by atoms with E-state index in [1.807, 2.05) is 70.2 Å². The van der Waals surface area contributed by atoms with E-state index in [2.05, 4.69) is 59.2 Å². The molecule has 4 amide bonds. The lowest BCUT2D eigenvalue weighted by molar-refractivity contribution is -0.143. The second kappa shape index (κ2) is 21.2. The van der Waals surface area contributed by atoms with Crippen LogP contribution in [0.2, 0.25) is 0 Å². The Labute approximate surface area is 386 Å². The smallest absolute Gasteiger partial charge is 0.282 e. The van der Waals surface area contributed by atoms with Crippen LogP contribution in [-0.4, -0.2) is 117 Å². The summed E-state index contributed by atoms with van der Waals surface area (Å²) in [6.45, 7) is 11.4. The molecule has 0 aliphatic carbocycles. The van der Waals surface area contributed by atoms with Gasteiger partial charge in [0.1, 0.15) is 22.3 Å². The summed E-state index contributed by atoms with van der Waals surface area (Å²) in [6, 6.07) is 11.9. The summed E-state index contributed by atoms with van der Waals surface area (Å²) in [6.07, 6.45) is 3.05. The summed E-state index contributed by atoms with van der Waals surface area (Å²) >= 11 is 4.94. The van der Waals surface area contributed by atoms with E-state index in [9.17, 15) is 29.1 Å². The van der Waals surface area contributed by atoms with Crippen molar-refractivity contribution >= 4 is 56.6 Å². The van der Waals surface area contributed by atoms with Crippen molar-refractivity contribution in [3.63, 3.8) is 0 Å².